The Balaban J connectivity index is 2.33. The van der Waals surface area contributed by atoms with E-state index in [-0.39, 0.29) is 20.5 Å². The van der Waals surface area contributed by atoms with Crippen molar-refractivity contribution in [2.24, 2.45) is 0 Å². The Morgan fingerprint density at radius 1 is 1.35 bits per heavy atom. The summed E-state index contributed by atoms with van der Waals surface area (Å²) in [5, 5.41) is 10.4. The van der Waals surface area contributed by atoms with Gasteiger partial charge in [-0.15, -0.1) is 11.3 Å². The van der Waals surface area contributed by atoms with Gasteiger partial charge in [-0.1, -0.05) is 17.7 Å². The van der Waals surface area contributed by atoms with E-state index in [1.807, 2.05) is 6.92 Å². The molecule has 0 saturated heterocycles. The van der Waals surface area contributed by atoms with Gasteiger partial charge < -0.3 is 5.11 Å². The number of aryl methyl sites for hydroxylation is 1. The minimum atomic E-state index is -3.85. The van der Waals surface area contributed by atoms with Crippen LogP contribution in [-0.2, 0) is 10.0 Å². The van der Waals surface area contributed by atoms with E-state index in [9.17, 15) is 13.2 Å². The van der Waals surface area contributed by atoms with E-state index >= 15 is 0 Å². The summed E-state index contributed by atoms with van der Waals surface area (Å²) >= 11 is 6.81. The molecule has 0 spiro atoms. The average Bonchev–Trinajstić information content (AvgIpc) is 2.83. The van der Waals surface area contributed by atoms with Crippen molar-refractivity contribution in [1.82, 2.24) is 0 Å². The van der Waals surface area contributed by atoms with Crippen LogP contribution >= 0.6 is 22.9 Å². The summed E-state index contributed by atoms with van der Waals surface area (Å²) in [6, 6.07) is 6.02. The number of halogens is 1. The summed E-state index contributed by atoms with van der Waals surface area (Å²) < 4.78 is 26.6. The fourth-order valence-electron chi connectivity index (χ4n) is 1.48. The third-order valence-electron chi connectivity index (χ3n) is 2.47. The summed E-state index contributed by atoms with van der Waals surface area (Å²) in [5.74, 6) is -1.16. The molecular weight excluding hydrogens is 322 g/mol. The molecule has 0 atom stereocenters. The molecule has 106 valence electrons. The second-order valence-electron chi connectivity index (χ2n) is 4.04. The molecule has 0 aliphatic heterocycles. The minimum Gasteiger partial charge on any atom is -0.477 e. The second kappa shape index (κ2) is 5.43. The summed E-state index contributed by atoms with van der Waals surface area (Å²) in [5.41, 5.74) is 1.15. The van der Waals surface area contributed by atoms with Gasteiger partial charge in [-0.2, -0.15) is 0 Å². The van der Waals surface area contributed by atoms with Gasteiger partial charge in [0.25, 0.3) is 10.0 Å². The lowest BCUT2D eigenvalue weighted by Gasteiger charge is -2.08. The van der Waals surface area contributed by atoms with Crippen molar-refractivity contribution in [3.63, 3.8) is 0 Å². The molecule has 0 bridgehead atoms. The minimum absolute atomic E-state index is 0.0413. The van der Waals surface area contributed by atoms with Gasteiger partial charge in [-0.3, -0.25) is 4.72 Å². The number of benzene rings is 1. The maximum absolute atomic E-state index is 12.1. The highest BCUT2D eigenvalue weighted by Gasteiger charge is 2.19. The van der Waals surface area contributed by atoms with Crippen LogP contribution in [0.25, 0.3) is 0 Å². The Morgan fingerprint density at radius 3 is 2.60 bits per heavy atom. The third-order valence-corrected chi connectivity index (χ3v) is 5.19. The lowest BCUT2D eigenvalue weighted by molar-refractivity contribution is 0.0702. The van der Waals surface area contributed by atoms with Crippen molar-refractivity contribution < 1.29 is 18.3 Å². The number of sulfonamides is 1. The van der Waals surface area contributed by atoms with Crippen LogP contribution in [-0.4, -0.2) is 19.5 Å². The lowest BCUT2D eigenvalue weighted by Crippen LogP contribution is -2.12. The molecule has 1 heterocycles. The van der Waals surface area contributed by atoms with Crippen LogP contribution in [0.1, 0.15) is 15.2 Å². The van der Waals surface area contributed by atoms with Crippen LogP contribution in [0.5, 0.6) is 0 Å². The number of hydrogen-bond donors (Lipinski definition) is 2. The largest absolute Gasteiger partial charge is 0.477 e. The first-order valence-electron chi connectivity index (χ1n) is 5.40. The molecule has 0 aliphatic carbocycles. The molecule has 0 saturated carbocycles. The molecule has 2 rings (SSSR count). The summed E-state index contributed by atoms with van der Waals surface area (Å²) in [4.78, 5) is 10.6. The molecule has 0 amide bonds. The highest BCUT2D eigenvalue weighted by molar-refractivity contribution is 7.92. The fraction of sp³-hybridized carbons (Fsp3) is 0.0833. The number of rotatable bonds is 4. The van der Waals surface area contributed by atoms with Gasteiger partial charge in [0, 0.05) is 5.38 Å². The van der Waals surface area contributed by atoms with Crippen molar-refractivity contribution in [2.45, 2.75) is 11.8 Å². The number of carboxylic acids is 1. The van der Waals surface area contributed by atoms with Crippen LogP contribution in [0.2, 0.25) is 5.02 Å². The van der Waals surface area contributed by atoms with E-state index < -0.39 is 16.0 Å². The third kappa shape index (κ3) is 3.12. The maximum atomic E-state index is 12.1. The quantitative estimate of drug-likeness (QED) is 0.901. The number of hydrogen-bond acceptors (Lipinski definition) is 4. The Hall–Kier alpha value is -1.57. The number of thiophene rings is 1. The second-order valence-corrected chi connectivity index (χ2v) is 7.04. The first-order valence-corrected chi connectivity index (χ1v) is 8.14. The Bertz CT molecular complexity index is 768. The maximum Gasteiger partial charge on any atom is 0.345 e. The van der Waals surface area contributed by atoms with Gasteiger partial charge in [0.05, 0.1) is 15.6 Å². The topological polar surface area (TPSA) is 83.5 Å². The highest BCUT2D eigenvalue weighted by atomic mass is 35.5. The smallest absolute Gasteiger partial charge is 0.345 e. The average molecular weight is 332 g/mol. The molecule has 20 heavy (non-hydrogen) atoms. The monoisotopic (exact) mass is 331 g/mol. The van der Waals surface area contributed by atoms with E-state index in [1.54, 1.807) is 18.2 Å². The van der Waals surface area contributed by atoms with Gasteiger partial charge in [-0.25, -0.2) is 13.2 Å². The van der Waals surface area contributed by atoms with Crippen LogP contribution in [0, 0.1) is 6.92 Å². The van der Waals surface area contributed by atoms with Gasteiger partial charge in [0.15, 0.2) is 0 Å². The first-order chi connectivity index (χ1) is 9.29. The first kappa shape index (κ1) is 14.8. The molecule has 0 unspecified atom stereocenters. The van der Waals surface area contributed by atoms with E-state index in [1.165, 1.54) is 5.38 Å². The van der Waals surface area contributed by atoms with Gasteiger partial charge in [0.2, 0.25) is 0 Å². The zero-order valence-electron chi connectivity index (χ0n) is 10.3. The molecule has 5 nitrogen and oxygen atoms in total. The predicted octanol–water partition coefficient (Wildman–Crippen LogP) is 3.21. The molecular formula is C12H10ClNO4S2. The van der Waals surface area contributed by atoms with E-state index in [0.29, 0.717) is 0 Å². The van der Waals surface area contributed by atoms with Crippen molar-refractivity contribution in [1.29, 1.82) is 0 Å². The van der Waals surface area contributed by atoms with Crippen molar-refractivity contribution in [3.8, 4) is 0 Å². The Morgan fingerprint density at radius 2 is 2.05 bits per heavy atom. The van der Waals surface area contributed by atoms with Crippen LogP contribution in [0.15, 0.2) is 34.5 Å². The number of nitrogens with one attached hydrogen (secondary N) is 1. The Labute approximate surface area is 124 Å². The molecule has 2 N–H and O–H groups in total. The highest BCUT2D eigenvalue weighted by Crippen LogP contribution is 2.27. The molecule has 8 heteroatoms. The molecule has 1 aromatic carbocycles. The summed E-state index contributed by atoms with van der Waals surface area (Å²) in [6.45, 7) is 1.84. The molecule has 1 aromatic heterocycles. The van der Waals surface area contributed by atoms with Crippen LogP contribution in [0.4, 0.5) is 5.69 Å². The van der Waals surface area contributed by atoms with E-state index in [4.69, 9.17) is 16.7 Å². The normalized spacial score (nSPS) is 11.3. The van der Waals surface area contributed by atoms with Crippen molar-refractivity contribution in [2.75, 3.05) is 4.72 Å². The van der Waals surface area contributed by atoms with Gasteiger partial charge in [0.1, 0.15) is 4.88 Å². The zero-order valence-corrected chi connectivity index (χ0v) is 12.6. The van der Waals surface area contributed by atoms with E-state index in [2.05, 4.69) is 4.72 Å². The lowest BCUT2D eigenvalue weighted by atomic mass is 10.2. The van der Waals surface area contributed by atoms with Gasteiger partial charge in [-0.05, 0) is 30.7 Å². The Kier molecular flexibility index (Phi) is 4.03. The molecule has 0 fully saturated rings. The number of carboxylic acid groups (broad SMARTS) is 1. The number of anilines is 1. The molecule has 0 radical (unpaired) electrons. The van der Waals surface area contributed by atoms with Crippen LogP contribution < -0.4 is 4.72 Å². The zero-order chi connectivity index (χ0) is 14.9. The van der Waals surface area contributed by atoms with Crippen molar-refractivity contribution in [3.05, 3.63) is 45.1 Å². The SMILES string of the molecule is Cc1ccc(NS(=O)(=O)c2csc(C(=O)O)c2)c(Cl)c1. The predicted molar refractivity (Wildman–Crippen MR) is 78.3 cm³/mol. The van der Waals surface area contributed by atoms with Crippen LogP contribution in [0.3, 0.4) is 0 Å². The van der Waals surface area contributed by atoms with E-state index in [0.717, 1.165) is 23.0 Å². The molecule has 2 aromatic rings. The molecule has 0 aliphatic rings. The fourth-order valence-corrected chi connectivity index (χ4v) is 4.01. The van der Waals surface area contributed by atoms with Crippen molar-refractivity contribution >= 4 is 44.6 Å². The van der Waals surface area contributed by atoms with Gasteiger partial charge >= 0.3 is 5.97 Å². The number of aromatic carboxylic acids is 1. The standard InChI is InChI=1S/C12H10ClNO4S2/c1-7-2-3-10(9(13)4-7)14-20(17,18)8-5-11(12(15)16)19-6-8/h2-6,14H,1H3,(H,15,16). The number of carbonyl (C=O) groups is 1. The summed E-state index contributed by atoms with van der Waals surface area (Å²) in [6.07, 6.45) is 0. The summed E-state index contributed by atoms with van der Waals surface area (Å²) in [7, 11) is -3.85.